The predicted molar refractivity (Wildman–Crippen MR) is 107 cm³/mol. The molecule has 0 amide bonds. The molecule has 134 valence electrons. The Morgan fingerprint density at radius 1 is 1.26 bits per heavy atom. The van der Waals surface area contributed by atoms with Gasteiger partial charge in [-0.3, -0.25) is 4.57 Å². The Bertz CT molecular complexity index is 1180. The Morgan fingerprint density at radius 3 is 2.96 bits per heavy atom. The minimum atomic E-state index is 0.420. The zero-order valence-corrected chi connectivity index (χ0v) is 15.3. The number of benzene rings is 2. The molecule has 0 spiro atoms. The van der Waals surface area contributed by atoms with Gasteiger partial charge in [0.15, 0.2) is 0 Å². The largest absolute Gasteiger partial charge is 0.361 e. The lowest BCUT2D eigenvalue weighted by Gasteiger charge is -2.18. The van der Waals surface area contributed by atoms with E-state index in [-0.39, 0.29) is 0 Å². The van der Waals surface area contributed by atoms with Crippen molar-refractivity contribution in [3.63, 3.8) is 0 Å². The van der Waals surface area contributed by atoms with Gasteiger partial charge in [0, 0.05) is 28.8 Å². The number of hydrogen-bond acceptors (Lipinski definition) is 3. The van der Waals surface area contributed by atoms with Crippen LogP contribution in [0.15, 0.2) is 48.7 Å². The van der Waals surface area contributed by atoms with Crippen molar-refractivity contribution in [2.24, 2.45) is 0 Å². The molecule has 2 aromatic heterocycles. The van der Waals surface area contributed by atoms with Crippen LogP contribution in [0.3, 0.4) is 0 Å². The molecular formula is C22H21N5. The molecule has 1 aliphatic rings. The molecule has 4 aromatic rings. The second-order valence-electron chi connectivity index (χ2n) is 7.40. The van der Waals surface area contributed by atoms with Crippen LogP contribution in [0.5, 0.6) is 0 Å². The fourth-order valence-corrected chi connectivity index (χ4v) is 4.33. The molecule has 1 N–H and O–H groups in total. The van der Waals surface area contributed by atoms with E-state index in [0.29, 0.717) is 11.9 Å². The molecule has 1 atom stereocenters. The predicted octanol–water partition coefficient (Wildman–Crippen LogP) is 4.02. The van der Waals surface area contributed by atoms with E-state index in [0.717, 1.165) is 28.7 Å². The van der Waals surface area contributed by atoms with Crippen LogP contribution >= 0.6 is 0 Å². The number of nitrogens with one attached hydrogen (secondary N) is 1. The summed E-state index contributed by atoms with van der Waals surface area (Å²) in [6.45, 7) is 1.19. The second kappa shape index (κ2) is 6.26. The zero-order chi connectivity index (χ0) is 18.4. The number of H-pyrrole nitrogens is 1. The molecule has 1 saturated heterocycles. The Hall–Kier alpha value is -3.10. The lowest BCUT2D eigenvalue weighted by Crippen LogP contribution is -2.26. The number of likely N-dealkylation sites (tertiary alicyclic amines) is 1. The summed E-state index contributed by atoms with van der Waals surface area (Å²) < 4.78 is 1.95. The van der Waals surface area contributed by atoms with E-state index < -0.39 is 0 Å². The van der Waals surface area contributed by atoms with Gasteiger partial charge < -0.3 is 9.88 Å². The first kappa shape index (κ1) is 16.1. The molecule has 0 aliphatic carbocycles. The lowest BCUT2D eigenvalue weighted by atomic mass is 10.0. The summed E-state index contributed by atoms with van der Waals surface area (Å²) in [6.07, 6.45) is 5.72. The van der Waals surface area contributed by atoms with E-state index in [1.54, 1.807) is 0 Å². The maximum atomic E-state index is 9.58. The molecular weight excluding hydrogens is 334 g/mol. The van der Waals surface area contributed by atoms with Crippen LogP contribution in [0.25, 0.3) is 27.6 Å². The van der Waals surface area contributed by atoms with E-state index in [9.17, 15) is 5.26 Å². The maximum Gasteiger partial charge on any atom is 0.218 e. The van der Waals surface area contributed by atoms with Crippen LogP contribution in [0.1, 0.15) is 24.2 Å². The van der Waals surface area contributed by atoms with Crippen molar-refractivity contribution in [1.29, 1.82) is 5.26 Å². The van der Waals surface area contributed by atoms with Gasteiger partial charge in [0.05, 0.1) is 11.0 Å². The highest BCUT2D eigenvalue weighted by atomic mass is 15.1. The van der Waals surface area contributed by atoms with Crippen LogP contribution in [0.2, 0.25) is 0 Å². The second-order valence-corrected chi connectivity index (χ2v) is 7.40. The highest BCUT2D eigenvalue weighted by Gasteiger charge is 2.22. The number of hydrogen-bond donors (Lipinski definition) is 1. The monoisotopic (exact) mass is 355 g/mol. The molecule has 27 heavy (non-hydrogen) atoms. The Kier molecular flexibility index (Phi) is 3.73. The Labute approximate surface area is 157 Å². The first-order valence-corrected chi connectivity index (χ1v) is 9.43. The summed E-state index contributed by atoms with van der Waals surface area (Å²) >= 11 is 0. The number of fused-ring (bicyclic) bond motifs is 2. The summed E-state index contributed by atoms with van der Waals surface area (Å²) in [7, 11) is 2.22. The molecule has 2 aromatic carbocycles. The molecule has 0 bridgehead atoms. The minimum Gasteiger partial charge on any atom is -0.361 e. The molecule has 5 heteroatoms. The van der Waals surface area contributed by atoms with E-state index in [1.165, 1.54) is 30.3 Å². The van der Waals surface area contributed by atoms with Gasteiger partial charge in [-0.05, 0) is 68.8 Å². The summed E-state index contributed by atoms with van der Waals surface area (Å²) in [6, 6.07) is 17.1. The topological polar surface area (TPSA) is 60.6 Å². The number of aromatic nitrogens is 3. The first-order valence-electron chi connectivity index (χ1n) is 9.43. The summed E-state index contributed by atoms with van der Waals surface area (Å²) in [5.41, 5.74) is 5.26. The van der Waals surface area contributed by atoms with E-state index in [4.69, 9.17) is 0 Å². The third kappa shape index (κ3) is 2.61. The smallest absolute Gasteiger partial charge is 0.218 e. The quantitative estimate of drug-likeness (QED) is 0.604. The van der Waals surface area contributed by atoms with Crippen molar-refractivity contribution >= 4 is 21.9 Å². The van der Waals surface area contributed by atoms with Gasteiger partial charge in [-0.2, -0.15) is 5.26 Å². The third-order valence-corrected chi connectivity index (χ3v) is 5.80. The average Bonchev–Trinajstić information content (AvgIpc) is 3.39. The number of rotatable bonds is 3. The van der Waals surface area contributed by atoms with Crippen LogP contribution in [0.4, 0.5) is 0 Å². The molecule has 0 unspecified atom stereocenters. The Balaban J connectivity index is 1.63. The maximum absolute atomic E-state index is 9.58. The molecule has 0 saturated carbocycles. The standard InChI is InChI=1S/C22H21N5/c1-26-10-4-5-16(26)11-15-14-24-19-9-8-17(12-18(15)19)27-21-7-3-2-6-20(21)25-22(27)13-23/h2-3,6-9,12,14,16,24H,4-5,10-11H2,1H3/t16-/m1/s1. The molecule has 3 heterocycles. The summed E-state index contributed by atoms with van der Waals surface area (Å²) in [5, 5.41) is 10.8. The number of likely N-dealkylation sites (N-methyl/N-ethyl adjacent to an activating group) is 1. The van der Waals surface area contributed by atoms with Crippen molar-refractivity contribution in [1.82, 2.24) is 19.4 Å². The molecule has 0 radical (unpaired) electrons. The fraction of sp³-hybridized carbons (Fsp3) is 0.273. The molecule has 5 nitrogen and oxygen atoms in total. The van der Waals surface area contributed by atoms with Crippen molar-refractivity contribution in [2.75, 3.05) is 13.6 Å². The van der Waals surface area contributed by atoms with E-state index >= 15 is 0 Å². The SMILES string of the molecule is CN1CCC[C@@H]1Cc1c[nH]c2ccc(-n3c(C#N)nc4ccccc43)cc12. The van der Waals surface area contributed by atoms with Crippen LogP contribution in [-0.4, -0.2) is 39.1 Å². The van der Waals surface area contributed by atoms with Gasteiger partial charge in [0.25, 0.3) is 0 Å². The van der Waals surface area contributed by atoms with Crippen LogP contribution in [-0.2, 0) is 6.42 Å². The average molecular weight is 355 g/mol. The zero-order valence-electron chi connectivity index (χ0n) is 15.3. The van der Waals surface area contributed by atoms with E-state index in [1.807, 2.05) is 28.8 Å². The lowest BCUT2D eigenvalue weighted by molar-refractivity contribution is 0.310. The van der Waals surface area contributed by atoms with Crippen LogP contribution < -0.4 is 0 Å². The number of nitriles is 1. The normalized spacial score (nSPS) is 17.7. The number of aromatic amines is 1. The molecule has 1 aliphatic heterocycles. The molecule has 5 rings (SSSR count). The Morgan fingerprint density at radius 2 is 2.15 bits per heavy atom. The van der Waals surface area contributed by atoms with Crippen LogP contribution in [0, 0.1) is 11.3 Å². The molecule has 1 fully saturated rings. The van der Waals surface area contributed by atoms with Gasteiger partial charge in [0.2, 0.25) is 5.82 Å². The highest BCUT2D eigenvalue weighted by Crippen LogP contribution is 2.28. The van der Waals surface area contributed by atoms with Gasteiger partial charge in [-0.25, -0.2) is 4.98 Å². The van der Waals surface area contributed by atoms with Crippen molar-refractivity contribution in [2.45, 2.75) is 25.3 Å². The van der Waals surface area contributed by atoms with Crippen molar-refractivity contribution in [3.05, 3.63) is 60.0 Å². The number of imidazole rings is 1. The highest BCUT2D eigenvalue weighted by molar-refractivity contribution is 5.87. The number of nitrogens with zero attached hydrogens (tertiary/aromatic N) is 4. The van der Waals surface area contributed by atoms with Crippen molar-refractivity contribution in [3.8, 4) is 11.8 Å². The minimum absolute atomic E-state index is 0.420. The van der Waals surface area contributed by atoms with Gasteiger partial charge >= 0.3 is 0 Å². The third-order valence-electron chi connectivity index (χ3n) is 5.80. The van der Waals surface area contributed by atoms with Gasteiger partial charge in [0.1, 0.15) is 6.07 Å². The number of para-hydroxylation sites is 2. The fourth-order valence-electron chi connectivity index (χ4n) is 4.33. The van der Waals surface area contributed by atoms with Gasteiger partial charge in [-0.1, -0.05) is 12.1 Å². The first-order chi connectivity index (χ1) is 13.2. The van der Waals surface area contributed by atoms with Crippen molar-refractivity contribution < 1.29 is 0 Å². The summed E-state index contributed by atoms with van der Waals surface area (Å²) in [5.74, 6) is 0.420. The van der Waals surface area contributed by atoms with Gasteiger partial charge in [-0.15, -0.1) is 0 Å². The summed E-state index contributed by atoms with van der Waals surface area (Å²) in [4.78, 5) is 10.3. The van der Waals surface area contributed by atoms with E-state index in [2.05, 4.69) is 52.4 Å².